The van der Waals surface area contributed by atoms with Crippen LogP contribution in [-0.4, -0.2) is 44.9 Å². The maximum Gasteiger partial charge on any atom is 0.227 e. The standard InChI is InChI=1S/C15H24N2O4/c1-2-16-14-11-20-10-13(14)15(18)17-6-4-7-19-9-12-5-3-8-21-12/h3,5,8,13-14,16H,2,4,6-7,9-11H2,1H3,(H,17,18). The molecule has 1 saturated heterocycles. The zero-order valence-electron chi connectivity index (χ0n) is 12.5. The van der Waals surface area contributed by atoms with Crippen molar-refractivity contribution < 1.29 is 18.7 Å². The molecule has 21 heavy (non-hydrogen) atoms. The molecule has 2 atom stereocenters. The van der Waals surface area contributed by atoms with Crippen LogP contribution in [0.2, 0.25) is 0 Å². The van der Waals surface area contributed by atoms with Gasteiger partial charge in [-0.3, -0.25) is 4.79 Å². The SMILES string of the molecule is CCNC1COCC1C(=O)NCCCOCc1ccco1. The van der Waals surface area contributed by atoms with E-state index in [9.17, 15) is 4.79 Å². The molecule has 2 rings (SSSR count). The highest BCUT2D eigenvalue weighted by Gasteiger charge is 2.32. The number of hydrogen-bond donors (Lipinski definition) is 2. The molecule has 2 unspecified atom stereocenters. The van der Waals surface area contributed by atoms with Crippen molar-refractivity contribution in [2.24, 2.45) is 5.92 Å². The average Bonchev–Trinajstić information content (AvgIpc) is 3.14. The van der Waals surface area contributed by atoms with Crippen molar-refractivity contribution in [3.8, 4) is 0 Å². The van der Waals surface area contributed by atoms with Crippen LogP contribution in [-0.2, 0) is 20.9 Å². The zero-order valence-corrected chi connectivity index (χ0v) is 12.5. The molecule has 1 aromatic rings. The first-order chi connectivity index (χ1) is 10.3. The van der Waals surface area contributed by atoms with E-state index in [1.165, 1.54) is 0 Å². The molecule has 1 aromatic heterocycles. The molecule has 0 radical (unpaired) electrons. The number of rotatable bonds is 9. The third-order valence-electron chi connectivity index (χ3n) is 3.47. The van der Waals surface area contributed by atoms with Crippen LogP contribution in [0.1, 0.15) is 19.1 Å². The number of ether oxygens (including phenoxy) is 2. The predicted octanol–water partition coefficient (Wildman–Crippen LogP) is 0.927. The summed E-state index contributed by atoms with van der Waals surface area (Å²) in [6.45, 7) is 5.67. The van der Waals surface area contributed by atoms with Gasteiger partial charge < -0.3 is 24.5 Å². The number of likely N-dealkylation sites (N-methyl/N-ethyl adjacent to an activating group) is 1. The summed E-state index contributed by atoms with van der Waals surface area (Å²) in [6.07, 6.45) is 2.41. The number of carbonyl (C=O) groups is 1. The molecule has 0 spiro atoms. The molecule has 1 aliphatic rings. The van der Waals surface area contributed by atoms with Gasteiger partial charge in [0.2, 0.25) is 5.91 Å². The van der Waals surface area contributed by atoms with Crippen LogP contribution in [0.25, 0.3) is 0 Å². The molecule has 0 bridgehead atoms. The first kappa shape index (κ1) is 16.0. The van der Waals surface area contributed by atoms with Crippen LogP contribution in [0.5, 0.6) is 0 Å². The van der Waals surface area contributed by atoms with E-state index in [0.717, 1.165) is 18.7 Å². The van der Waals surface area contributed by atoms with Crippen LogP contribution >= 0.6 is 0 Å². The molecule has 0 saturated carbocycles. The first-order valence-corrected chi connectivity index (χ1v) is 7.50. The van der Waals surface area contributed by atoms with E-state index >= 15 is 0 Å². The number of amides is 1. The van der Waals surface area contributed by atoms with Crippen LogP contribution in [0, 0.1) is 5.92 Å². The molecule has 6 heteroatoms. The Morgan fingerprint density at radius 1 is 1.48 bits per heavy atom. The van der Waals surface area contributed by atoms with Gasteiger partial charge in [-0.05, 0) is 25.1 Å². The normalized spacial score (nSPS) is 21.6. The Morgan fingerprint density at radius 3 is 3.14 bits per heavy atom. The molecule has 0 aliphatic carbocycles. The van der Waals surface area contributed by atoms with E-state index in [1.807, 2.05) is 19.1 Å². The van der Waals surface area contributed by atoms with Gasteiger partial charge in [-0.15, -0.1) is 0 Å². The van der Waals surface area contributed by atoms with Gasteiger partial charge in [0.1, 0.15) is 12.4 Å². The van der Waals surface area contributed by atoms with Gasteiger partial charge in [-0.25, -0.2) is 0 Å². The van der Waals surface area contributed by atoms with Gasteiger partial charge >= 0.3 is 0 Å². The van der Waals surface area contributed by atoms with Crippen molar-refractivity contribution in [2.75, 3.05) is 32.9 Å². The summed E-state index contributed by atoms with van der Waals surface area (Å²) in [5, 5.41) is 6.23. The third-order valence-corrected chi connectivity index (χ3v) is 3.47. The largest absolute Gasteiger partial charge is 0.467 e. The van der Waals surface area contributed by atoms with E-state index in [4.69, 9.17) is 13.9 Å². The average molecular weight is 296 g/mol. The molecule has 2 heterocycles. The van der Waals surface area contributed by atoms with Crippen LogP contribution in [0.3, 0.4) is 0 Å². The minimum absolute atomic E-state index is 0.0597. The van der Waals surface area contributed by atoms with E-state index in [1.54, 1.807) is 6.26 Å². The van der Waals surface area contributed by atoms with Gasteiger partial charge in [0.15, 0.2) is 0 Å². The maximum absolute atomic E-state index is 12.1. The summed E-state index contributed by atoms with van der Waals surface area (Å²) in [6, 6.07) is 3.84. The van der Waals surface area contributed by atoms with Gasteiger partial charge in [0.25, 0.3) is 0 Å². The Kier molecular flexibility index (Phi) is 6.72. The summed E-state index contributed by atoms with van der Waals surface area (Å²) in [7, 11) is 0. The lowest BCUT2D eigenvalue weighted by Crippen LogP contribution is -2.44. The first-order valence-electron chi connectivity index (χ1n) is 7.50. The molecular formula is C15H24N2O4. The van der Waals surface area contributed by atoms with Crippen LogP contribution < -0.4 is 10.6 Å². The maximum atomic E-state index is 12.1. The van der Waals surface area contributed by atoms with Crippen molar-refractivity contribution in [2.45, 2.75) is 26.0 Å². The topological polar surface area (TPSA) is 72.7 Å². The second kappa shape index (κ2) is 8.81. The van der Waals surface area contributed by atoms with Gasteiger partial charge in [-0.2, -0.15) is 0 Å². The third kappa shape index (κ3) is 5.15. The van der Waals surface area contributed by atoms with Crippen molar-refractivity contribution in [3.63, 3.8) is 0 Å². The Balaban J connectivity index is 1.54. The Hall–Kier alpha value is -1.37. The summed E-state index contributed by atoms with van der Waals surface area (Å²) in [4.78, 5) is 12.1. The lowest BCUT2D eigenvalue weighted by molar-refractivity contribution is -0.125. The summed E-state index contributed by atoms with van der Waals surface area (Å²) < 4.78 is 16.0. The smallest absolute Gasteiger partial charge is 0.227 e. The highest BCUT2D eigenvalue weighted by molar-refractivity contribution is 5.79. The highest BCUT2D eigenvalue weighted by atomic mass is 16.5. The van der Waals surface area contributed by atoms with Gasteiger partial charge in [0, 0.05) is 19.2 Å². The fraction of sp³-hybridized carbons (Fsp3) is 0.667. The molecule has 1 amide bonds. The lowest BCUT2D eigenvalue weighted by Gasteiger charge is -2.17. The number of carbonyl (C=O) groups excluding carboxylic acids is 1. The second-order valence-corrected chi connectivity index (χ2v) is 5.08. The van der Waals surface area contributed by atoms with Crippen LogP contribution in [0.4, 0.5) is 0 Å². The summed E-state index contributed by atoms with van der Waals surface area (Å²) in [5.41, 5.74) is 0. The molecule has 6 nitrogen and oxygen atoms in total. The predicted molar refractivity (Wildman–Crippen MR) is 77.8 cm³/mol. The van der Waals surface area contributed by atoms with Gasteiger partial charge in [0.05, 0.1) is 25.4 Å². The number of hydrogen-bond acceptors (Lipinski definition) is 5. The van der Waals surface area contributed by atoms with Crippen LogP contribution in [0.15, 0.2) is 22.8 Å². The van der Waals surface area contributed by atoms with E-state index in [-0.39, 0.29) is 17.9 Å². The number of furan rings is 1. The van der Waals surface area contributed by atoms with E-state index in [0.29, 0.717) is 33.0 Å². The van der Waals surface area contributed by atoms with Crippen molar-refractivity contribution in [1.29, 1.82) is 0 Å². The lowest BCUT2D eigenvalue weighted by atomic mass is 10.0. The summed E-state index contributed by atoms with van der Waals surface area (Å²) in [5.74, 6) is 0.786. The monoisotopic (exact) mass is 296 g/mol. The Morgan fingerprint density at radius 2 is 2.38 bits per heavy atom. The van der Waals surface area contributed by atoms with E-state index < -0.39 is 0 Å². The van der Waals surface area contributed by atoms with Crippen molar-refractivity contribution in [3.05, 3.63) is 24.2 Å². The molecule has 1 fully saturated rings. The fourth-order valence-electron chi connectivity index (χ4n) is 2.36. The minimum Gasteiger partial charge on any atom is -0.467 e. The van der Waals surface area contributed by atoms with Gasteiger partial charge in [-0.1, -0.05) is 6.92 Å². The molecular weight excluding hydrogens is 272 g/mol. The van der Waals surface area contributed by atoms with Crippen molar-refractivity contribution >= 4 is 5.91 Å². The minimum atomic E-state index is -0.0889. The quantitative estimate of drug-likeness (QED) is 0.663. The summed E-state index contributed by atoms with van der Waals surface area (Å²) >= 11 is 0. The molecule has 118 valence electrons. The Labute approximate surface area is 125 Å². The van der Waals surface area contributed by atoms with Crippen molar-refractivity contribution in [1.82, 2.24) is 10.6 Å². The second-order valence-electron chi connectivity index (χ2n) is 5.08. The molecule has 0 aromatic carbocycles. The highest BCUT2D eigenvalue weighted by Crippen LogP contribution is 2.13. The molecule has 1 aliphatic heterocycles. The number of nitrogens with one attached hydrogen (secondary N) is 2. The zero-order chi connectivity index (χ0) is 14.9. The van der Waals surface area contributed by atoms with E-state index in [2.05, 4.69) is 10.6 Å². The molecule has 2 N–H and O–H groups in total. The fourth-order valence-corrected chi connectivity index (χ4v) is 2.36. The Bertz CT molecular complexity index is 408.